The van der Waals surface area contributed by atoms with Gasteiger partial charge in [-0.15, -0.1) is 0 Å². The van der Waals surface area contributed by atoms with Gasteiger partial charge in [-0.3, -0.25) is 4.79 Å². The number of benzene rings is 2. The molecule has 3 aromatic rings. The van der Waals surface area contributed by atoms with E-state index in [0.717, 1.165) is 18.5 Å². The van der Waals surface area contributed by atoms with Crippen LogP contribution in [0.2, 0.25) is 0 Å². The molecule has 1 amide bonds. The van der Waals surface area contributed by atoms with Crippen LogP contribution in [-0.2, 0) is 17.8 Å². The van der Waals surface area contributed by atoms with Crippen molar-refractivity contribution in [3.63, 3.8) is 0 Å². The zero-order valence-electron chi connectivity index (χ0n) is 23.2. The van der Waals surface area contributed by atoms with Gasteiger partial charge in [0.2, 0.25) is 5.91 Å². The first-order chi connectivity index (χ1) is 18.0. The van der Waals surface area contributed by atoms with Crippen LogP contribution < -0.4 is 16.4 Å². The summed E-state index contributed by atoms with van der Waals surface area (Å²) in [4.78, 5) is 19.8. The van der Waals surface area contributed by atoms with Crippen molar-refractivity contribution in [3.8, 4) is 0 Å². The van der Waals surface area contributed by atoms with E-state index in [2.05, 4.69) is 64.9 Å². The summed E-state index contributed by atoms with van der Waals surface area (Å²) < 4.78 is 1.92. The molecule has 2 atom stereocenters. The molecule has 4 N–H and O–H groups in total. The predicted molar refractivity (Wildman–Crippen MR) is 156 cm³/mol. The highest BCUT2D eigenvalue weighted by molar-refractivity contribution is 5.94. The standard InChI is InChI=1S/C31H42N6O/c1-23(36(6)24(2)27-17-11-8-12-18-27)20-37-21-29(33-22-37)35-30(38)28(34-25(3)31(4,5)32)19-13-16-26-14-9-7-10-15-26/h7-12,14-15,17-18,21-22,24,28,34H,1,3,13,16,19-20,32H2,2,4-6H3,(H,35,38)/t24-,28?/m0/s1. The Morgan fingerprint density at radius 3 is 2.37 bits per heavy atom. The monoisotopic (exact) mass is 514 g/mol. The van der Waals surface area contributed by atoms with E-state index in [-0.39, 0.29) is 11.9 Å². The summed E-state index contributed by atoms with van der Waals surface area (Å²) in [6.07, 6.45) is 5.90. The highest BCUT2D eigenvalue weighted by Gasteiger charge is 2.24. The first kappa shape index (κ1) is 28.7. The van der Waals surface area contributed by atoms with Crippen molar-refractivity contribution in [2.75, 3.05) is 12.4 Å². The van der Waals surface area contributed by atoms with Crippen molar-refractivity contribution in [3.05, 3.63) is 109 Å². The Labute approximate surface area is 227 Å². The molecule has 202 valence electrons. The van der Waals surface area contributed by atoms with Gasteiger partial charge >= 0.3 is 0 Å². The molecule has 0 saturated carbocycles. The maximum absolute atomic E-state index is 13.3. The van der Waals surface area contributed by atoms with Gasteiger partial charge in [0, 0.05) is 30.2 Å². The van der Waals surface area contributed by atoms with Crippen LogP contribution in [0.5, 0.6) is 0 Å². The normalized spacial score (nSPS) is 12.9. The number of amides is 1. The molecular formula is C31H42N6O. The number of rotatable bonds is 14. The highest BCUT2D eigenvalue weighted by atomic mass is 16.2. The van der Waals surface area contributed by atoms with Gasteiger partial charge in [0.25, 0.3) is 0 Å². The van der Waals surface area contributed by atoms with E-state index < -0.39 is 11.6 Å². The van der Waals surface area contributed by atoms with Crippen molar-refractivity contribution in [2.45, 2.75) is 64.2 Å². The molecule has 0 radical (unpaired) electrons. The summed E-state index contributed by atoms with van der Waals surface area (Å²) in [5.41, 5.74) is 9.59. The molecule has 7 heteroatoms. The summed E-state index contributed by atoms with van der Waals surface area (Å²) in [6.45, 7) is 14.8. The van der Waals surface area contributed by atoms with E-state index >= 15 is 0 Å². The van der Waals surface area contributed by atoms with Crippen LogP contribution in [0, 0.1) is 0 Å². The van der Waals surface area contributed by atoms with Crippen LogP contribution in [-0.4, -0.2) is 39.0 Å². The van der Waals surface area contributed by atoms with E-state index in [1.54, 1.807) is 6.33 Å². The molecule has 0 aliphatic carbocycles. The number of aryl methyl sites for hydroxylation is 1. The number of nitrogens with one attached hydrogen (secondary N) is 2. The van der Waals surface area contributed by atoms with Gasteiger partial charge < -0.3 is 25.8 Å². The first-order valence-electron chi connectivity index (χ1n) is 13.1. The second-order valence-electron chi connectivity index (χ2n) is 10.5. The molecule has 0 saturated heterocycles. The van der Waals surface area contributed by atoms with Crippen LogP contribution >= 0.6 is 0 Å². The number of hydrogen-bond donors (Lipinski definition) is 3. The largest absolute Gasteiger partial charge is 0.376 e. The molecule has 0 aliphatic heterocycles. The number of nitrogens with two attached hydrogens (primary N) is 1. The van der Waals surface area contributed by atoms with E-state index in [0.29, 0.717) is 24.5 Å². The fraction of sp³-hybridized carbons (Fsp3) is 0.355. The first-order valence-corrected chi connectivity index (χ1v) is 13.1. The smallest absolute Gasteiger partial charge is 0.248 e. The minimum atomic E-state index is -0.650. The molecule has 0 fully saturated rings. The third kappa shape index (κ3) is 8.35. The Hall–Kier alpha value is -3.84. The minimum absolute atomic E-state index is 0.164. The van der Waals surface area contributed by atoms with E-state index in [1.807, 2.05) is 68.1 Å². The molecular weight excluding hydrogens is 472 g/mol. The predicted octanol–water partition coefficient (Wildman–Crippen LogP) is 5.26. The zero-order chi connectivity index (χ0) is 27.7. The number of carbonyl (C=O) groups excluding carboxylic acids is 1. The number of anilines is 1. The molecule has 0 spiro atoms. The number of aromatic nitrogens is 2. The van der Waals surface area contributed by atoms with Gasteiger partial charge in [-0.05, 0) is 51.2 Å². The fourth-order valence-electron chi connectivity index (χ4n) is 4.10. The van der Waals surface area contributed by atoms with E-state index in [9.17, 15) is 4.79 Å². The Bertz CT molecular complexity index is 1200. The average molecular weight is 515 g/mol. The number of imidazole rings is 1. The van der Waals surface area contributed by atoms with Crippen molar-refractivity contribution in [1.82, 2.24) is 19.8 Å². The van der Waals surface area contributed by atoms with Crippen LogP contribution in [0.1, 0.15) is 50.8 Å². The van der Waals surface area contributed by atoms with Gasteiger partial charge in [-0.1, -0.05) is 73.8 Å². The molecule has 1 aromatic heterocycles. The molecule has 1 heterocycles. The topological polar surface area (TPSA) is 88.2 Å². The number of allylic oxidation sites excluding steroid dienone is 1. The summed E-state index contributed by atoms with van der Waals surface area (Å²) in [5, 5.41) is 6.22. The van der Waals surface area contributed by atoms with Crippen LogP contribution in [0.15, 0.2) is 97.7 Å². The molecule has 2 aromatic carbocycles. The maximum atomic E-state index is 13.3. The van der Waals surface area contributed by atoms with Crippen molar-refractivity contribution in [1.29, 1.82) is 0 Å². The van der Waals surface area contributed by atoms with Crippen LogP contribution in [0.4, 0.5) is 5.82 Å². The second-order valence-corrected chi connectivity index (χ2v) is 10.5. The lowest BCUT2D eigenvalue weighted by atomic mass is 10.00. The SMILES string of the molecule is C=C(Cn1cnc(NC(=O)C(CCCc2ccccc2)NC(=C)C(C)(C)N)c1)N(C)[C@@H](C)c1ccccc1. The lowest BCUT2D eigenvalue weighted by Crippen LogP contribution is -2.48. The fourth-order valence-corrected chi connectivity index (χ4v) is 4.10. The van der Waals surface area contributed by atoms with Gasteiger partial charge in [-0.25, -0.2) is 4.98 Å². The summed E-state index contributed by atoms with van der Waals surface area (Å²) in [5.74, 6) is 0.330. The third-order valence-corrected chi connectivity index (χ3v) is 6.86. The van der Waals surface area contributed by atoms with Crippen molar-refractivity contribution in [2.24, 2.45) is 5.73 Å². The van der Waals surface area contributed by atoms with Crippen LogP contribution in [0.25, 0.3) is 0 Å². The number of hydrogen-bond acceptors (Lipinski definition) is 5. The lowest BCUT2D eigenvalue weighted by molar-refractivity contribution is -0.118. The van der Waals surface area contributed by atoms with Crippen molar-refractivity contribution < 1.29 is 4.79 Å². The average Bonchev–Trinajstić information content (AvgIpc) is 3.33. The minimum Gasteiger partial charge on any atom is -0.376 e. The number of nitrogens with zero attached hydrogens (tertiary/aromatic N) is 3. The highest BCUT2D eigenvalue weighted by Crippen LogP contribution is 2.22. The van der Waals surface area contributed by atoms with E-state index in [4.69, 9.17) is 5.73 Å². The number of carbonyl (C=O) groups is 1. The maximum Gasteiger partial charge on any atom is 0.248 e. The lowest BCUT2D eigenvalue weighted by Gasteiger charge is -2.29. The van der Waals surface area contributed by atoms with E-state index in [1.165, 1.54) is 11.1 Å². The molecule has 0 bridgehead atoms. The third-order valence-electron chi connectivity index (χ3n) is 6.86. The molecule has 3 rings (SSSR count). The summed E-state index contributed by atoms with van der Waals surface area (Å²) in [6, 6.07) is 20.3. The van der Waals surface area contributed by atoms with Gasteiger partial charge in [0.1, 0.15) is 6.04 Å². The van der Waals surface area contributed by atoms with Crippen LogP contribution in [0.3, 0.4) is 0 Å². The molecule has 38 heavy (non-hydrogen) atoms. The second kappa shape index (κ2) is 13.1. The van der Waals surface area contributed by atoms with Gasteiger partial charge in [-0.2, -0.15) is 0 Å². The summed E-state index contributed by atoms with van der Waals surface area (Å²) in [7, 11) is 2.04. The Morgan fingerprint density at radius 1 is 1.11 bits per heavy atom. The summed E-state index contributed by atoms with van der Waals surface area (Å²) >= 11 is 0. The Kier molecular flexibility index (Phi) is 9.91. The molecule has 0 aliphatic rings. The van der Waals surface area contributed by atoms with Crippen molar-refractivity contribution >= 4 is 11.7 Å². The number of likely N-dealkylation sites (N-methyl/N-ethyl adjacent to an activating group) is 1. The Balaban J connectivity index is 1.60. The Morgan fingerprint density at radius 2 is 1.74 bits per heavy atom. The van der Waals surface area contributed by atoms with Gasteiger partial charge in [0.05, 0.1) is 18.9 Å². The molecule has 7 nitrogen and oxygen atoms in total. The zero-order valence-corrected chi connectivity index (χ0v) is 23.2. The van der Waals surface area contributed by atoms with Gasteiger partial charge in [0.15, 0.2) is 5.82 Å². The quantitative estimate of drug-likeness (QED) is 0.273. The molecule has 1 unspecified atom stereocenters.